The molecule has 0 bridgehead atoms. The van der Waals surface area contributed by atoms with Gasteiger partial charge in [0.05, 0.1) is 5.92 Å². The summed E-state index contributed by atoms with van der Waals surface area (Å²) in [6.45, 7) is 5.31. The van der Waals surface area contributed by atoms with E-state index >= 15 is 0 Å². The van der Waals surface area contributed by atoms with Gasteiger partial charge in [0, 0.05) is 69.8 Å². The third-order valence-corrected chi connectivity index (χ3v) is 6.12. The molecule has 2 fully saturated rings. The minimum absolute atomic E-state index is 0.0229. The van der Waals surface area contributed by atoms with Crippen molar-refractivity contribution in [2.75, 3.05) is 50.8 Å². The monoisotopic (exact) mass is 422 g/mol. The standard InChI is InChI=1S/C23H26N4O4/c28-22-12-18(16-27(22)19-3-4-20-21(13-19)31-11-10-30-20)23(29)26-8-6-25(7-9-26)15-17-2-1-5-24-14-17/h1-5,13-14,18H,6-12,15-16H2. The second kappa shape index (κ2) is 8.55. The molecule has 1 atom stereocenters. The lowest BCUT2D eigenvalue weighted by molar-refractivity contribution is -0.137. The van der Waals surface area contributed by atoms with Gasteiger partial charge < -0.3 is 19.3 Å². The number of aromatic nitrogens is 1. The number of piperazine rings is 1. The smallest absolute Gasteiger partial charge is 0.228 e. The number of hydrogen-bond acceptors (Lipinski definition) is 6. The second-order valence-electron chi connectivity index (χ2n) is 8.20. The van der Waals surface area contributed by atoms with E-state index in [2.05, 4.69) is 16.0 Å². The van der Waals surface area contributed by atoms with Crippen LogP contribution in [0.15, 0.2) is 42.7 Å². The fourth-order valence-corrected chi connectivity index (χ4v) is 4.46. The van der Waals surface area contributed by atoms with Crippen molar-refractivity contribution in [2.24, 2.45) is 5.92 Å². The highest BCUT2D eigenvalue weighted by atomic mass is 16.6. The molecule has 0 saturated carbocycles. The summed E-state index contributed by atoms with van der Waals surface area (Å²) in [7, 11) is 0. The minimum atomic E-state index is -0.300. The number of benzene rings is 1. The lowest BCUT2D eigenvalue weighted by Crippen LogP contribution is -2.50. The van der Waals surface area contributed by atoms with Gasteiger partial charge in [-0.25, -0.2) is 0 Å². The molecule has 162 valence electrons. The van der Waals surface area contributed by atoms with Gasteiger partial charge in [0.15, 0.2) is 11.5 Å². The van der Waals surface area contributed by atoms with Crippen molar-refractivity contribution in [1.82, 2.24) is 14.8 Å². The first-order valence-corrected chi connectivity index (χ1v) is 10.8. The molecule has 2 saturated heterocycles. The Hall–Kier alpha value is -3.13. The third kappa shape index (κ3) is 4.20. The summed E-state index contributed by atoms with van der Waals surface area (Å²) in [5.74, 6) is 1.10. The van der Waals surface area contributed by atoms with Crippen LogP contribution in [0.25, 0.3) is 0 Å². The fourth-order valence-electron chi connectivity index (χ4n) is 4.46. The summed E-state index contributed by atoms with van der Waals surface area (Å²) in [5, 5.41) is 0. The number of nitrogens with zero attached hydrogens (tertiary/aromatic N) is 4. The number of pyridine rings is 1. The molecule has 8 nitrogen and oxygen atoms in total. The molecule has 1 unspecified atom stereocenters. The predicted octanol–water partition coefficient (Wildman–Crippen LogP) is 1.55. The third-order valence-electron chi connectivity index (χ3n) is 6.12. The number of carbonyl (C=O) groups excluding carboxylic acids is 2. The largest absolute Gasteiger partial charge is 0.486 e. The Morgan fingerprint density at radius 3 is 2.65 bits per heavy atom. The highest BCUT2D eigenvalue weighted by Crippen LogP contribution is 2.36. The number of ether oxygens (including phenoxy) is 2. The van der Waals surface area contributed by atoms with E-state index in [1.165, 1.54) is 5.56 Å². The minimum Gasteiger partial charge on any atom is -0.486 e. The van der Waals surface area contributed by atoms with Gasteiger partial charge in [0.2, 0.25) is 11.8 Å². The van der Waals surface area contributed by atoms with Gasteiger partial charge in [-0.1, -0.05) is 6.07 Å². The molecule has 3 aliphatic rings. The molecule has 1 aromatic heterocycles. The quantitative estimate of drug-likeness (QED) is 0.744. The van der Waals surface area contributed by atoms with Crippen molar-refractivity contribution in [3.05, 3.63) is 48.3 Å². The average Bonchev–Trinajstić information content (AvgIpc) is 3.21. The Labute approximate surface area is 181 Å². The van der Waals surface area contributed by atoms with Crippen LogP contribution in [0.2, 0.25) is 0 Å². The van der Waals surface area contributed by atoms with E-state index in [0.29, 0.717) is 44.3 Å². The van der Waals surface area contributed by atoms with Crippen LogP contribution in [-0.2, 0) is 16.1 Å². The summed E-state index contributed by atoms with van der Waals surface area (Å²) in [6.07, 6.45) is 3.91. The maximum absolute atomic E-state index is 13.1. The molecule has 2 aromatic rings. The Kier molecular flexibility index (Phi) is 5.46. The van der Waals surface area contributed by atoms with E-state index in [9.17, 15) is 9.59 Å². The number of hydrogen-bond donors (Lipinski definition) is 0. The van der Waals surface area contributed by atoms with Crippen molar-refractivity contribution < 1.29 is 19.1 Å². The Morgan fingerprint density at radius 1 is 1.06 bits per heavy atom. The topological polar surface area (TPSA) is 75.2 Å². The summed E-state index contributed by atoms with van der Waals surface area (Å²) < 4.78 is 11.2. The van der Waals surface area contributed by atoms with E-state index in [1.807, 2.05) is 35.4 Å². The lowest BCUT2D eigenvalue weighted by Gasteiger charge is -2.35. The number of anilines is 1. The van der Waals surface area contributed by atoms with Crippen molar-refractivity contribution in [3.8, 4) is 11.5 Å². The molecule has 2 amide bonds. The molecular weight excluding hydrogens is 396 g/mol. The molecule has 3 aliphatic heterocycles. The highest BCUT2D eigenvalue weighted by Gasteiger charge is 2.38. The lowest BCUT2D eigenvalue weighted by atomic mass is 10.1. The van der Waals surface area contributed by atoms with E-state index in [4.69, 9.17) is 9.47 Å². The van der Waals surface area contributed by atoms with E-state index in [-0.39, 0.29) is 24.2 Å². The summed E-state index contributed by atoms with van der Waals surface area (Å²) in [6, 6.07) is 9.53. The van der Waals surface area contributed by atoms with Crippen molar-refractivity contribution in [1.29, 1.82) is 0 Å². The Morgan fingerprint density at radius 2 is 1.87 bits per heavy atom. The van der Waals surface area contributed by atoms with Crippen molar-refractivity contribution in [3.63, 3.8) is 0 Å². The first-order chi connectivity index (χ1) is 15.2. The first kappa shape index (κ1) is 19.8. The van der Waals surface area contributed by atoms with Gasteiger partial charge in [-0.2, -0.15) is 0 Å². The van der Waals surface area contributed by atoms with Gasteiger partial charge >= 0.3 is 0 Å². The van der Waals surface area contributed by atoms with Crippen molar-refractivity contribution in [2.45, 2.75) is 13.0 Å². The van der Waals surface area contributed by atoms with Crippen LogP contribution in [-0.4, -0.2) is 72.5 Å². The maximum Gasteiger partial charge on any atom is 0.228 e. The Bertz CT molecular complexity index is 959. The molecule has 5 rings (SSSR count). The number of amides is 2. The van der Waals surface area contributed by atoms with Gasteiger partial charge in [0.1, 0.15) is 13.2 Å². The highest BCUT2D eigenvalue weighted by molar-refractivity contribution is 6.00. The predicted molar refractivity (Wildman–Crippen MR) is 114 cm³/mol. The van der Waals surface area contributed by atoms with Crippen molar-refractivity contribution >= 4 is 17.5 Å². The number of carbonyl (C=O) groups is 2. The zero-order chi connectivity index (χ0) is 21.2. The van der Waals surface area contributed by atoms with E-state index in [1.54, 1.807) is 11.1 Å². The zero-order valence-electron chi connectivity index (χ0n) is 17.4. The maximum atomic E-state index is 13.1. The van der Waals surface area contributed by atoms with Crippen LogP contribution < -0.4 is 14.4 Å². The summed E-state index contributed by atoms with van der Waals surface area (Å²) in [4.78, 5) is 35.9. The van der Waals surface area contributed by atoms with Crippen LogP contribution >= 0.6 is 0 Å². The van der Waals surface area contributed by atoms with Gasteiger partial charge in [-0.05, 0) is 23.8 Å². The first-order valence-electron chi connectivity index (χ1n) is 10.8. The normalized spacial score (nSPS) is 21.4. The van der Waals surface area contributed by atoms with E-state index < -0.39 is 0 Å². The van der Waals surface area contributed by atoms with Crippen LogP contribution in [0.1, 0.15) is 12.0 Å². The van der Waals surface area contributed by atoms with Crippen LogP contribution in [0.4, 0.5) is 5.69 Å². The number of fused-ring (bicyclic) bond motifs is 1. The van der Waals surface area contributed by atoms with Gasteiger partial charge in [-0.3, -0.25) is 19.5 Å². The molecule has 0 radical (unpaired) electrons. The Balaban J connectivity index is 1.18. The molecule has 0 spiro atoms. The van der Waals surface area contributed by atoms with Crippen LogP contribution in [0, 0.1) is 5.92 Å². The van der Waals surface area contributed by atoms with Gasteiger partial charge in [-0.15, -0.1) is 0 Å². The van der Waals surface area contributed by atoms with Gasteiger partial charge in [0.25, 0.3) is 0 Å². The molecule has 0 aliphatic carbocycles. The van der Waals surface area contributed by atoms with Crippen LogP contribution in [0.3, 0.4) is 0 Å². The number of rotatable bonds is 4. The fraction of sp³-hybridized carbons (Fsp3) is 0.435. The molecule has 1 aromatic carbocycles. The molecular formula is C23H26N4O4. The van der Waals surface area contributed by atoms with E-state index in [0.717, 1.165) is 25.3 Å². The molecule has 31 heavy (non-hydrogen) atoms. The molecule has 8 heteroatoms. The molecule has 0 N–H and O–H groups in total. The average molecular weight is 422 g/mol. The second-order valence-corrected chi connectivity index (χ2v) is 8.20. The summed E-state index contributed by atoms with van der Waals surface area (Å²) >= 11 is 0. The van der Waals surface area contributed by atoms with Crippen LogP contribution in [0.5, 0.6) is 11.5 Å². The SMILES string of the molecule is O=C(C1CC(=O)N(c2ccc3c(c2)OCCO3)C1)N1CCN(Cc2cccnc2)CC1. The summed E-state index contributed by atoms with van der Waals surface area (Å²) in [5.41, 5.74) is 1.93. The zero-order valence-corrected chi connectivity index (χ0v) is 17.4. The molecule has 4 heterocycles.